The largest absolute Gasteiger partial charge is 0.455 e. The van der Waals surface area contributed by atoms with Crippen molar-refractivity contribution in [2.75, 3.05) is 13.2 Å². The quantitative estimate of drug-likeness (QED) is 0.780. The van der Waals surface area contributed by atoms with Crippen LogP contribution in [0.25, 0.3) is 0 Å². The average Bonchev–Trinajstić information content (AvgIpc) is 2.64. The molecule has 1 aliphatic rings. The molecule has 106 valence electrons. The highest BCUT2D eigenvalue weighted by Gasteiger charge is 2.42. The van der Waals surface area contributed by atoms with Gasteiger partial charge in [-0.3, -0.25) is 9.48 Å². The first-order valence-corrected chi connectivity index (χ1v) is 6.07. The van der Waals surface area contributed by atoms with Gasteiger partial charge in [0.1, 0.15) is 0 Å². The Morgan fingerprint density at radius 2 is 2.11 bits per heavy atom. The van der Waals surface area contributed by atoms with Crippen molar-refractivity contribution in [1.82, 2.24) is 9.78 Å². The highest BCUT2D eigenvalue weighted by molar-refractivity contribution is 6.02. The number of ether oxygens (including phenoxy) is 1. The maximum absolute atomic E-state index is 12.5. The van der Waals surface area contributed by atoms with Gasteiger partial charge in [0.25, 0.3) is 5.78 Å². The van der Waals surface area contributed by atoms with Gasteiger partial charge in [-0.05, 0) is 26.7 Å². The highest BCUT2D eigenvalue weighted by Crippen LogP contribution is 2.28. The molecule has 1 aliphatic heterocycles. The van der Waals surface area contributed by atoms with Gasteiger partial charge < -0.3 is 4.74 Å². The number of halogens is 3. The molecule has 2 rings (SSSR count). The lowest BCUT2D eigenvalue weighted by Gasteiger charge is -2.23. The number of carbonyl (C=O) groups excluding carboxylic acids is 1. The van der Waals surface area contributed by atoms with Crippen LogP contribution in [-0.4, -0.2) is 35.0 Å². The second-order valence-electron chi connectivity index (χ2n) is 4.69. The standard InChI is InChI=1S/C12H15F3N2O2/c1-7-10(11(18)12(13,14)15)8(2)17(16-7)9-4-3-5-19-6-9/h9H,3-6H2,1-2H3. The second-order valence-corrected chi connectivity index (χ2v) is 4.69. The van der Waals surface area contributed by atoms with Crippen LogP contribution in [0.3, 0.4) is 0 Å². The molecule has 1 atom stereocenters. The number of carbonyl (C=O) groups is 1. The van der Waals surface area contributed by atoms with E-state index >= 15 is 0 Å². The molecule has 0 radical (unpaired) electrons. The summed E-state index contributed by atoms with van der Waals surface area (Å²) in [6, 6.07) is -0.0952. The summed E-state index contributed by atoms with van der Waals surface area (Å²) in [7, 11) is 0. The molecule has 0 spiro atoms. The number of nitrogens with zero attached hydrogens (tertiary/aromatic N) is 2. The van der Waals surface area contributed by atoms with Crippen molar-refractivity contribution in [2.24, 2.45) is 0 Å². The number of Topliss-reactive ketones (excluding diaryl/α,β-unsaturated/α-hetero) is 1. The van der Waals surface area contributed by atoms with E-state index in [1.54, 1.807) is 0 Å². The molecule has 19 heavy (non-hydrogen) atoms. The molecule has 1 fully saturated rings. The molecule has 1 unspecified atom stereocenters. The third kappa shape index (κ3) is 2.65. The van der Waals surface area contributed by atoms with E-state index in [9.17, 15) is 18.0 Å². The Balaban J connectivity index is 2.37. The van der Waals surface area contributed by atoms with E-state index in [0.29, 0.717) is 13.2 Å². The zero-order chi connectivity index (χ0) is 14.2. The number of aryl methyl sites for hydroxylation is 1. The molecule has 0 aliphatic carbocycles. The summed E-state index contributed by atoms with van der Waals surface area (Å²) >= 11 is 0. The fourth-order valence-corrected chi connectivity index (χ4v) is 2.41. The van der Waals surface area contributed by atoms with E-state index < -0.39 is 12.0 Å². The molecule has 0 bridgehead atoms. The Morgan fingerprint density at radius 3 is 2.63 bits per heavy atom. The molecule has 4 nitrogen and oxygen atoms in total. The number of ketones is 1. The maximum Gasteiger partial charge on any atom is 0.455 e. The Labute approximate surface area is 108 Å². The molecule has 1 saturated heterocycles. The maximum atomic E-state index is 12.5. The molecule has 1 aromatic rings. The Hall–Kier alpha value is -1.37. The van der Waals surface area contributed by atoms with Crippen molar-refractivity contribution >= 4 is 5.78 Å². The number of hydrogen-bond donors (Lipinski definition) is 0. The molecule has 0 N–H and O–H groups in total. The topological polar surface area (TPSA) is 44.1 Å². The summed E-state index contributed by atoms with van der Waals surface area (Å²) < 4.78 is 44.4. The number of rotatable bonds is 2. The van der Waals surface area contributed by atoms with Crippen LogP contribution >= 0.6 is 0 Å². The summed E-state index contributed by atoms with van der Waals surface area (Å²) in [6.07, 6.45) is -3.24. The van der Waals surface area contributed by atoms with Crippen LogP contribution in [0.2, 0.25) is 0 Å². The van der Waals surface area contributed by atoms with Crippen LogP contribution in [0.1, 0.15) is 40.6 Å². The smallest absolute Gasteiger partial charge is 0.379 e. The van der Waals surface area contributed by atoms with E-state index in [4.69, 9.17) is 4.74 Å². The lowest BCUT2D eigenvalue weighted by Crippen LogP contribution is -2.25. The van der Waals surface area contributed by atoms with Crippen molar-refractivity contribution in [3.63, 3.8) is 0 Å². The van der Waals surface area contributed by atoms with Gasteiger partial charge in [0.05, 0.1) is 23.9 Å². The summed E-state index contributed by atoms with van der Waals surface area (Å²) in [5, 5.41) is 4.08. The first-order valence-electron chi connectivity index (χ1n) is 6.07. The lowest BCUT2D eigenvalue weighted by atomic mass is 10.1. The lowest BCUT2D eigenvalue weighted by molar-refractivity contribution is -0.0886. The van der Waals surface area contributed by atoms with Crippen molar-refractivity contribution in [3.05, 3.63) is 17.0 Å². The third-order valence-electron chi connectivity index (χ3n) is 3.29. The zero-order valence-corrected chi connectivity index (χ0v) is 10.8. The molecule has 0 saturated carbocycles. The average molecular weight is 276 g/mol. The molecular weight excluding hydrogens is 261 g/mol. The zero-order valence-electron chi connectivity index (χ0n) is 10.8. The van der Waals surface area contributed by atoms with Crippen LogP contribution < -0.4 is 0 Å². The van der Waals surface area contributed by atoms with Gasteiger partial charge in [0.2, 0.25) is 0 Å². The molecule has 0 aromatic carbocycles. The third-order valence-corrected chi connectivity index (χ3v) is 3.29. The summed E-state index contributed by atoms with van der Waals surface area (Å²) in [5.74, 6) is -1.83. The number of aromatic nitrogens is 2. The van der Waals surface area contributed by atoms with Crippen LogP contribution in [0, 0.1) is 13.8 Å². The second kappa shape index (κ2) is 4.96. The Morgan fingerprint density at radius 1 is 1.42 bits per heavy atom. The summed E-state index contributed by atoms with van der Waals surface area (Å²) in [5.41, 5.74) is 0.0406. The van der Waals surface area contributed by atoms with E-state index in [-0.39, 0.29) is 23.0 Å². The van der Waals surface area contributed by atoms with Crippen LogP contribution in [-0.2, 0) is 4.74 Å². The Bertz CT molecular complexity index is 488. The van der Waals surface area contributed by atoms with Crippen LogP contribution in [0.4, 0.5) is 13.2 Å². The fraction of sp³-hybridized carbons (Fsp3) is 0.667. The first kappa shape index (κ1) is 14.0. The first-order chi connectivity index (χ1) is 8.82. The minimum Gasteiger partial charge on any atom is -0.379 e. The highest BCUT2D eigenvalue weighted by atomic mass is 19.4. The molecular formula is C12H15F3N2O2. The SMILES string of the molecule is Cc1nn(C2CCCOC2)c(C)c1C(=O)C(F)(F)F. The molecule has 0 amide bonds. The van der Waals surface area contributed by atoms with Crippen LogP contribution in [0.5, 0.6) is 0 Å². The van der Waals surface area contributed by atoms with E-state index in [0.717, 1.165) is 12.8 Å². The summed E-state index contributed by atoms with van der Waals surface area (Å²) in [4.78, 5) is 11.4. The number of hydrogen-bond acceptors (Lipinski definition) is 3. The van der Waals surface area contributed by atoms with Gasteiger partial charge in [-0.2, -0.15) is 18.3 Å². The Kier molecular flexibility index (Phi) is 3.66. The minimum atomic E-state index is -4.87. The van der Waals surface area contributed by atoms with Crippen molar-refractivity contribution < 1.29 is 22.7 Å². The van der Waals surface area contributed by atoms with Gasteiger partial charge >= 0.3 is 6.18 Å². The van der Waals surface area contributed by atoms with Gasteiger partial charge in [-0.15, -0.1) is 0 Å². The molecule has 2 heterocycles. The predicted molar refractivity (Wildman–Crippen MR) is 61.2 cm³/mol. The van der Waals surface area contributed by atoms with Gasteiger partial charge in [0.15, 0.2) is 0 Å². The van der Waals surface area contributed by atoms with Crippen molar-refractivity contribution in [2.45, 2.75) is 38.9 Å². The predicted octanol–water partition coefficient (Wildman–Crippen LogP) is 2.60. The van der Waals surface area contributed by atoms with Gasteiger partial charge in [-0.25, -0.2) is 0 Å². The number of alkyl halides is 3. The van der Waals surface area contributed by atoms with E-state index in [1.807, 2.05) is 0 Å². The monoisotopic (exact) mass is 276 g/mol. The van der Waals surface area contributed by atoms with Gasteiger partial charge in [-0.1, -0.05) is 0 Å². The van der Waals surface area contributed by atoms with E-state index in [2.05, 4.69) is 5.10 Å². The van der Waals surface area contributed by atoms with Gasteiger partial charge in [0, 0.05) is 12.3 Å². The normalized spacial score (nSPS) is 20.6. The van der Waals surface area contributed by atoms with Crippen LogP contribution in [0.15, 0.2) is 0 Å². The molecule has 1 aromatic heterocycles. The minimum absolute atomic E-state index is 0.0952. The summed E-state index contributed by atoms with van der Waals surface area (Å²) in [6.45, 7) is 3.99. The molecule has 7 heteroatoms. The van der Waals surface area contributed by atoms with Crippen molar-refractivity contribution in [1.29, 1.82) is 0 Å². The van der Waals surface area contributed by atoms with Crippen molar-refractivity contribution in [3.8, 4) is 0 Å². The fourth-order valence-electron chi connectivity index (χ4n) is 2.41. The van der Waals surface area contributed by atoms with E-state index in [1.165, 1.54) is 18.5 Å².